The lowest BCUT2D eigenvalue weighted by atomic mass is 9.94. The van der Waals surface area contributed by atoms with Crippen molar-refractivity contribution in [3.63, 3.8) is 0 Å². The van der Waals surface area contributed by atoms with E-state index in [1.807, 2.05) is 0 Å². The minimum absolute atomic E-state index is 0.195. The van der Waals surface area contributed by atoms with E-state index in [4.69, 9.17) is 15.2 Å². The number of aliphatic hydroxyl groups is 3. The lowest BCUT2D eigenvalue weighted by Gasteiger charge is -2.51. The number of thioether (sulfide) groups is 1. The van der Waals surface area contributed by atoms with Gasteiger partial charge >= 0.3 is 0 Å². The van der Waals surface area contributed by atoms with Crippen molar-refractivity contribution in [3.8, 4) is 0 Å². The summed E-state index contributed by atoms with van der Waals surface area (Å²) < 4.78 is 10.6. The molecule has 1 fully saturated rings. The van der Waals surface area contributed by atoms with Gasteiger partial charge in [-0.2, -0.15) is 0 Å². The molecule has 4 unspecified atom stereocenters. The highest BCUT2D eigenvalue weighted by molar-refractivity contribution is 7.99. The van der Waals surface area contributed by atoms with Gasteiger partial charge in [0.2, 0.25) is 5.79 Å². The lowest BCUT2D eigenvalue weighted by molar-refractivity contribution is -0.413. The number of nitrogens with two attached hydrogens (primary N) is 1. The van der Waals surface area contributed by atoms with Gasteiger partial charge in [-0.15, -0.1) is 11.8 Å². The Morgan fingerprint density at radius 1 is 1.67 bits per heavy atom. The summed E-state index contributed by atoms with van der Waals surface area (Å²) in [6.45, 7) is 1.03. The Kier molecular flexibility index (Phi) is 5.83. The van der Waals surface area contributed by atoms with Crippen molar-refractivity contribution < 1.29 is 24.8 Å². The average Bonchev–Trinajstić information content (AvgIpc) is 2.35. The Hall–Kier alpha value is -0.380. The van der Waals surface area contributed by atoms with Gasteiger partial charge in [0, 0.05) is 7.05 Å². The molecule has 8 heteroatoms. The molecule has 0 amide bonds. The van der Waals surface area contributed by atoms with Crippen LogP contribution in [0.25, 0.3) is 0 Å². The lowest BCUT2D eigenvalue weighted by Crippen LogP contribution is -2.70. The fraction of sp³-hybridized carbons (Fsp3) is 0.900. The van der Waals surface area contributed by atoms with E-state index in [2.05, 4.69) is 4.99 Å². The molecule has 0 aliphatic carbocycles. The molecule has 1 saturated heterocycles. The van der Waals surface area contributed by atoms with Crippen molar-refractivity contribution in [3.05, 3.63) is 0 Å². The smallest absolute Gasteiger partial charge is 0.222 e. The molecular formula is C10H20N2O5S. The summed E-state index contributed by atoms with van der Waals surface area (Å²) in [7, 11) is 1.60. The van der Waals surface area contributed by atoms with Crippen LogP contribution in [0.1, 0.15) is 6.92 Å². The van der Waals surface area contributed by atoms with Crippen LogP contribution < -0.4 is 5.73 Å². The summed E-state index contributed by atoms with van der Waals surface area (Å²) in [5.41, 5.74) is 5.50. The van der Waals surface area contributed by atoms with E-state index < -0.39 is 30.7 Å². The van der Waals surface area contributed by atoms with E-state index in [-0.39, 0.29) is 5.94 Å². The van der Waals surface area contributed by atoms with Gasteiger partial charge in [-0.25, -0.2) is 0 Å². The van der Waals surface area contributed by atoms with Gasteiger partial charge in [-0.05, 0) is 6.92 Å². The summed E-state index contributed by atoms with van der Waals surface area (Å²) >= 11 is 1.35. The first-order valence-corrected chi connectivity index (χ1v) is 6.70. The van der Waals surface area contributed by atoms with E-state index in [9.17, 15) is 15.3 Å². The second-order valence-electron chi connectivity index (χ2n) is 4.06. The van der Waals surface area contributed by atoms with Crippen molar-refractivity contribution in [2.75, 3.05) is 25.3 Å². The maximum Gasteiger partial charge on any atom is 0.222 e. The van der Waals surface area contributed by atoms with Gasteiger partial charge in [0.1, 0.15) is 24.7 Å². The van der Waals surface area contributed by atoms with E-state index >= 15 is 0 Å². The molecule has 0 radical (unpaired) electrons. The number of ether oxygens (including phenoxy) is 2. The molecule has 106 valence electrons. The Morgan fingerprint density at radius 2 is 2.33 bits per heavy atom. The van der Waals surface area contributed by atoms with Crippen LogP contribution in [0.3, 0.4) is 0 Å². The normalized spacial score (nSPS) is 34.2. The van der Waals surface area contributed by atoms with Gasteiger partial charge in [-0.3, -0.25) is 4.99 Å². The van der Waals surface area contributed by atoms with Gasteiger partial charge < -0.3 is 30.5 Å². The number of aliphatic hydroxyl groups excluding tert-OH is 3. The van der Waals surface area contributed by atoms with E-state index in [0.717, 1.165) is 0 Å². The van der Waals surface area contributed by atoms with Crippen molar-refractivity contribution in [1.82, 2.24) is 0 Å². The van der Waals surface area contributed by atoms with Crippen molar-refractivity contribution in [1.29, 1.82) is 0 Å². The van der Waals surface area contributed by atoms with Crippen LogP contribution >= 0.6 is 11.8 Å². The highest BCUT2D eigenvalue weighted by Gasteiger charge is 2.57. The minimum Gasteiger partial charge on any atom is -0.391 e. The minimum atomic E-state index is -1.44. The summed E-state index contributed by atoms with van der Waals surface area (Å²) in [5, 5.41) is 28.3. The van der Waals surface area contributed by atoms with E-state index in [1.54, 1.807) is 7.05 Å². The first kappa shape index (κ1) is 15.7. The quantitative estimate of drug-likeness (QED) is 0.194. The first-order chi connectivity index (χ1) is 8.46. The van der Waals surface area contributed by atoms with Gasteiger partial charge in [-0.1, -0.05) is 0 Å². The van der Waals surface area contributed by atoms with Gasteiger partial charge in [0.05, 0.1) is 17.8 Å². The SMILES string of the molecule is CN=C(N)CSCOC1(CO)OC(C(C)O)C1O. The molecule has 0 aromatic carbocycles. The Morgan fingerprint density at radius 3 is 2.78 bits per heavy atom. The van der Waals surface area contributed by atoms with Crippen LogP contribution in [0.5, 0.6) is 0 Å². The van der Waals surface area contributed by atoms with Gasteiger partial charge in [0.25, 0.3) is 0 Å². The molecule has 1 aliphatic heterocycles. The van der Waals surface area contributed by atoms with Gasteiger partial charge in [0.15, 0.2) is 0 Å². The second kappa shape index (κ2) is 6.69. The summed E-state index contributed by atoms with van der Waals surface area (Å²) in [5.74, 6) is -0.264. The molecule has 7 nitrogen and oxygen atoms in total. The van der Waals surface area contributed by atoms with Crippen molar-refractivity contribution in [2.24, 2.45) is 10.7 Å². The number of rotatable bonds is 7. The van der Waals surface area contributed by atoms with E-state index in [1.165, 1.54) is 18.7 Å². The van der Waals surface area contributed by atoms with Crippen LogP contribution in [0, 0.1) is 0 Å². The predicted molar refractivity (Wildman–Crippen MR) is 68.3 cm³/mol. The molecule has 1 rings (SSSR count). The third kappa shape index (κ3) is 3.34. The second-order valence-corrected chi connectivity index (χ2v) is 5.00. The van der Waals surface area contributed by atoms with Crippen molar-refractivity contribution >= 4 is 17.6 Å². The first-order valence-electron chi connectivity index (χ1n) is 5.54. The van der Waals surface area contributed by atoms with Crippen LogP contribution in [0.4, 0.5) is 0 Å². The van der Waals surface area contributed by atoms with Crippen LogP contribution in [-0.4, -0.2) is 70.6 Å². The average molecular weight is 280 g/mol. The third-order valence-corrected chi connectivity index (χ3v) is 3.50. The zero-order valence-corrected chi connectivity index (χ0v) is 11.3. The molecule has 1 heterocycles. The molecule has 0 saturated carbocycles. The highest BCUT2D eigenvalue weighted by Crippen LogP contribution is 2.36. The molecule has 1 aliphatic rings. The number of nitrogens with zero attached hydrogens (tertiary/aromatic N) is 1. The highest BCUT2D eigenvalue weighted by atomic mass is 32.2. The summed E-state index contributed by atoms with van der Waals surface area (Å²) in [4.78, 5) is 3.78. The Balaban J connectivity index is 2.35. The number of aliphatic imine (C=N–C) groups is 1. The predicted octanol–water partition coefficient (Wildman–Crippen LogP) is -1.49. The summed E-state index contributed by atoms with van der Waals surface area (Å²) in [6.07, 6.45) is -2.61. The standard InChI is InChI=1S/C10H20N2O5S/c1-6(14)8-9(15)10(4-13,17-8)16-5-18-3-7(11)12-2/h6,8-9,13-15H,3-5H2,1-2H3,(H2,11,12). The Bertz CT molecular complexity index is 302. The molecule has 0 bridgehead atoms. The Labute approximate surface area is 110 Å². The molecule has 5 N–H and O–H groups in total. The van der Waals surface area contributed by atoms with Crippen molar-refractivity contribution in [2.45, 2.75) is 31.0 Å². The topological polar surface area (TPSA) is 118 Å². The number of hydrogen-bond donors (Lipinski definition) is 4. The molecule has 0 aromatic rings. The number of hydrogen-bond acceptors (Lipinski definition) is 7. The number of amidine groups is 1. The molecule has 18 heavy (non-hydrogen) atoms. The maximum absolute atomic E-state index is 9.82. The molecule has 0 aromatic heterocycles. The fourth-order valence-corrected chi connectivity index (χ4v) is 2.26. The van der Waals surface area contributed by atoms with Crippen LogP contribution in [-0.2, 0) is 9.47 Å². The largest absolute Gasteiger partial charge is 0.391 e. The molecule has 0 spiro atoms. The molecule has 4 atom stereocenters. The maximum atomic E-state index is 9.82. The molecular weight excluding hydrogens is 260 g/mol. The zero-order chi connectivity index (χ0) is 13.8. The van der Waals surface area contributed by atoms with Crippen LogP contribution in [0.2, 0.25) is 0 Å². The van der Waals surface area contributed by atoms with Crippen LogP contribution in [0.15, 0.2) is 4.99 Å². The third-order valence-electron chi connectivity index (χ3n) is 2.72. The zero-order valence-electron chi connectivity index (χ0n) is 10.4. The monoisotopic (exact) mass is 280 g/mol. The fourth-order valence-electron chi connectivity index (χ4n) is 1.55. The summed E-state index contributed by atoms with van der Waals surface area (Å²) in [6, 6.07) is 0. The van der Waals surface area contributed by atoms with E-state index in [0.29, 0.717) is 11.6 Å².